The molecule has 0 fully saturated rings. The van der Waals surface area contributed by atoms with Crippen LogP contribution in [0.25, 0.3) is 0 Å². The second kappa shape index (κ2) is 3.96. The van der Waals surface area contributed by atoms with Crippen LogP contribution < -0.4 is 5.46 Å². The fourth-order valence-electron chi connectivity index (χ4n) is 1.13. The SMILES string of the molecule is Bc1cc(CC)ccc1CBr. The number of hydrogen-bond donors (Lipinski definition) is 0. The molecule has 0 bridgehead atoms. The highest BCUT2D eigenvalue weighted by Crippen LogP contribution is 2.05. The molecule has 0 N–H and O–H groups in total. The summed E-state index contributed by atoms with van der Waals surface area (Å²) in [4.78, 5) is 0. The van der Waals surface area contributed by atoms with E-state index in [1.165, 1.54) is 16.6 Å². The standard InChI is InChI=1S/C9H12BBr/c1-2-7-3-4-8(6-11)9(10)5-7/h3-5H,2,6,10H2,1H3. The van der Waals surface area contributed by atoms with E-state index in [-0.39, 0.29) is 0 Å². The molecule has 0 aliphatic rings. The van der Waals surface area contributed by atoms with Crippen molar-refractivity contribution in [2.24, 2.45) is 0 Å². The Labute approximate surface area is 77.5 Å². The second-order valence-corrected chi connectivity index (χ2v) is 3.31. The van der Waals surface area contributed by atoms with Crippen LogP contribution >= 0.6 is 15.9 Å². The van der Waals surface area contributed by atoms with Gasteiger partial charge in [-0.15, -0.1) is 0 Å². The van der Waals surface area contributed by atoms with Crippen LogP contribution in [0, 0.1) is 0 Å². The molecule has 0 nitrogen and oxygen atoms in total. The predicted octanol–water partition coefficient (Wildman–Crippen LogP) is 1.40. The molecule has 1 aromatic rings. The Morgan fingerprint density at radius 2 is 2.18 bits per heavy atom. The van der Waals surface area contributed by atoms with Gasteiger partial charge in [-0.2, -0.15) is 0 Å². The van der Waals surface area contributed by atoms with Crippen LogP contribution in [-0.4, -0.2) is 7.85 Å². The van der Waals surface area contributed by atoms with Gasteiger partial charge in [0.2, 0.25) is 0 Å². The molecule has 0 saturated carbocycles. The van der Waals surface area contributed by atoms with Crippen molar-refractivity contribution in [1.29, 1.82) is 0 Å². The molecule has 0 saturated heterocycles. The predicted molar refractivity (Wildman–Crippen MR) is 56.6 cm³/mol. The molecule has 0 unspecified atom stereocenters. The summed E-state index contributed by atoms with van der Waals surface area (Å²) < 4.78 is 0. The van der Waals surface area contributed by atoms with Crippen molar-refractivity contribution in [1.82, 2.24) is 0 Å². The average Bonchev–Trinajstić information content (AvgIpc) is 2.04. The summed E-state index contributed by atoms with van der Waals surface area (Å²) in [6.07, 6.45) is 1.13. The van der Waals surface area contributed by atoms with E-state index in [2.05, 4.69) is 48.9 Å². The van der Waals surface area contributed by atoms with Gasteiger partial charge in [0.15, 0.2) is 0 Å². The third-order valence-corrected chi connectivity index (χ3v) is 2.56. The van der Waals surface area contributed by atoms with E-state index in [0.717, 1.165) is 11.8 Å². The molecular weight excluding hydrogens is 199 g/mol. The third-order valence-electron chi connectivity index (χ3n) is 1.96. The number of halogens is 1. The molecule has 1 aromatic carbocycles. The van der Waals surface area contributed by atoms with Crippen LogP contribution in [0.1, 0.15) is 18.1 Å². The molecule has 0 heterocycles. The maximum absolute atomic E-state index is 3.45. The minimum atomic E-state index is 0.961. The van der Waals surface area contributed by atoms with E-state index < -0.39 is 0 Å². The molecule has 11 heavy (non-hydrogen) atoms. The molecule has 58 valence electrons. The lowest BCUT2D eigenvalue weighted by Crippen LogP contribution is -2.09. The van der Waals surface area contributed by atoms with Crippen molar-refractivity contribution in [2.45, 2.75) is 18.7 Å². The van der Waals surface area contributed by atoms with Gasteiger partial charge in [-0.25, -0.2) is 0 Å². The first-order valence-corrected chi connectivity index (χ1v) is 5.04. The fraction of sp³-hybridized carbons (Fsp3) is 0.333. The highest BCUT2D eigenvalue weighted by atomic mass is 79.9. The largest absolute Gasteiger partial charge is 0.139 e. The van der Waals surface area contributed by atoms with Crippen LogP contribution in [0.3, 0.4) is 0 Å². The van der Waals surface area contributed by atoms with Crippen LogP contribution in [0.4, 0.5) is 0 Å². The first-order valence-electron chi connectivity index (χ1n) is 3.92. The quantitative estimate of drug-likeness (QED) is 0.512. The van der Waals surface area contributed by atoms with Gasteiger partial charge in [0.05, 0.1) is 0 Å². The Hall–Kier alpha value is -0.235. The zero-order valence-electron chi connectivity index (χ0n) is 7.02. The lowest BCUT2D eigenvalue weighted by atomic mass is 9.89. The zero-order chi connectivity index (χ0) is 8.27. The van der Waals surface area contributed by atoms with E-state index in [9.17, 15) is 0 Å². The molecule has 0 radical (unpaired) electrons. The molecule has 0 aliphatic heterocycles. The summed E-state index contributed by atoms with van der Waals surface area (Å²) >= 11 is 3.45. The van der Waals surface area contributed by atoms with Gasteiger partial charge in [-0.05, 0) is 17.5 Å². The molecule has 2 heteroatoms. The lowest BCUT2D eigenvalue weighted by molar-refractivity contribution is 1.14. The Balaban J connectivity index is 2.99. The van der Waals surface area contributed by atoms with E-state index >= 15 is 0 Å². The summed E-state index contributed by atoms with van der Waals surface area (Å²) in [7, 11) is 2.16. The Kier molecular flexibility index (Phi) is 3.19. The molecule has 0 spiro atoms. The summed E-state index contributed by atoms with van der Waals surface area (Å²) in [5, 5.41) is 0.961. The monoisotopic (exact) mass is 210 g/mol. The maximum atomic E-state index is 3.45. The van der Waals surface area contributed by atoms with Gasteiger partial charge in [0, 0.05) is 5.33 Å². The number of alkyl halides is 1. The molecule has 0 aliphatic carbocycles. The smallest absolute Gasteiger partial charge is 0.0877 e. The molecular formula is C9H12BBr. The number of aryl methyl sites for hydroxylation is 1. The van der Waals surface area contributed by atoms with E-state index in [1.54, 1.807) is 0 Å². The van der Waals surface area contributed by atoms with Gasteiger partial charge in [-0.3, -0.25) is 0 Å². The molecule has 1 rings (SSSR count). The topological polar surface area (TPSA) is 0 Å². The number of rotatable bonds is 2. The Bertz CT molecular complexity index is 245. The van der Waals surface area contributed by atoms with Crippen molar-refractivity contribution in [3.63, 3.8) is 0 Å². The lowest BCUT2D eigenvalue weighted by Gasteiger charge is -2.03. The Morgan fingerprint density at radius 3 is 2.64 bits per heavy atom. The summed E-state index contributed by atoms with van der Waals surface area (Å²) in [6, 6.07) is 6.66. The third kappa shape index (κ3) is 2.09. The van der Waals surface area contributed by atoms with Crippen molar-refractivity contribution < 1.29 is 0 Å². The van der Waals surface area contributed by atoms with Gasteiger partial charge in [-0.1, -0.05) is 46.5 Å². The van der Waals surface area contributed by atoms with E-state index in [4.69, 9.17) is 0 Å². The van der Waals surface area contributed by atoms with Crippen molar-refractivity contribution >= 4 is 29.2 Å². The summed E-state index contributed by atoms with van der Waals surface area (Å²) in [6.45, 7) is 2.18. The van der Waals surface area contributed by atoms with Crippen LogP contribution in [-0.2, 0) is 11.8 Å². The fourth-order valence-corrected chi connectivity index (χ4v) is 1.76. The first kappa shape index (κ1) is 8.86. The van der Waals surface area contributed by atoms with Gasteiger partial charge >= 0.3 is 0 Å². The summed E-state index contributed by atoms with van der Waals surface area (Å²) in [5.41, 5.74) is 4.20. The first-order chi connectivity index (χ1) is 5.27. The van der Waals surface area contributed by atoms with Crippen molar-refractivity contribution in [3.8, 4) is 0 Å². The minimum Gasteiger partial charge on any atom is -0.0877 e. The van der Waals surface area contributed by atoms with Gasteiger partial charge in [0.1, 0.15) is 7.85 Å². The van der Waals surface area contributed by atoms with Gasteiger partial charge in [0.25, 0.3) is 0 Å². The van der Waals surface area contributed by atoms with Crippen LogP contribution in [0.2, 0.25) is 0 Å². The average molecular weight is 211 g/mol. The van der Waals surface area contributed by atoms with Crippen LogP contribution in [0.5, 0.6) is 0 Å². The second-order valence-electron chi connectivity index (χ2n) is 2.75. The van der Waals surface area contributed by atoms with Crippen LogP contribution in [0.15, 0.2) is 18.2 Å². The molecule has 0 amide bonds. The summed E-state index contributed by atoms with van der Waals surface area (Å²) in [5.74, 6) is 0. The number of benzene rings is 1. The van der Waals surface area contributed by atoms with E-state index in [0.29, 0.717) is 0 Å². The van der Waals surface area contributed by atoms with Crippen molar-refractivity contribution in [2.75, 3.05) is 0 Å². The van der Waals surface area contributed by atoms with Crippen molar-refractivity contribution in [3.05, 3.63) is 29.3 Å². The molecule has 0 atom stereocenters. The minimum absolute atomic E-state index is 0.961. The maximum Gasteiger partial charge on any atom is 0.139 e. The highest BCUT2D eigenvalue weighted by Gasteiger charge is 1.96. The normalized spacial score (nSPS) is 10.0. The Morgan fingerprint density at radius 1 is 1.45 bits per heavy atom. The molecule has 0 aromatic heterocycles. The van der Waals surface area contributed by atoms with Gasteiger partial charge < -0.3 is 0 Å². The van der Waals surface area contributed by atoms with E-state index in [1.807, 2.05) is 0 Å². The zero-order valence-corrected chi connectivity index (χ0v) is 8.61. The number of hydrogen-bond acceptors (Lipinski definition) is 0. The highest BCUT2D eigenvalue weighted by molar-refractivity contribution is 9.08.